The predicted octanol–water partition coefficient (Wildman–Crippen LogP) is 3.88. The lowest BCUT2D eigenvalue weighted by Gasteiger charge is -2.28. The van der Waals surface area contributed by atoms with E-state index in [1.54, 1.807) is 9.80 Å². The Kier molecular flexibility index (Phi) is 10.1. The average molecular weight is 486 g/mol. The van der Waals surface area contributed by atoms with Crippen LogP contribution in [0.3, 0.4) is 0 Å². The van der Waals surface area contributed by atoms with Gasteiger partial charge in [-0.3, -0.25) is 14.5 Å². The number of aliphatic hydroxyl groups is 1. The normalized spacial score (nSPS) is 18.8. The fourth-order valence-corrected chi connectivity index (χ4v) is 4.54. The maximum atomic E-state index is 12.6. The van der Waals surface area contributed by atoms with Gasteiger partial charge in [0, 0.05) is 25.7 Å². The van der Waals surface area contributed by atoms with E-state index in [4.69, 9.17) is 4.74 Å². The van der Waals surface area contributed by atoms with Gasteiger partial charge in [-0.1, -0.05) is 63.7 Å². The summed E-state index contributed by atoms with van der Waals surface area (Å²) >= 11 is 0. The lowest BCUT2D eigenvalue weighted by molar-refractivity contribution is -0.140. The van der Waals surface area contributed by atoms with E-state index in [0.29, 0.717) is 32.6 Å². The Balaban J connectivity index is 1.47. The summed E-state index contributed by atoms with van der Waals surface area (Å²) in [5.41, 5.74) is 2.95. The Morgan fingerprint density at radius 2 is 1.86 bits per heavy atom. The lowest BCUT2D eigenvalue weighted by atomic mass is 9.98. The minimum absolute atomic E-state index is 0.155. The van der Waals surface area contributed by atoms with Crippen LogP contribution in [0.5, 0.6) is 0 Å². The Morgan fingerprint density at radius 3 is 2.51 bits per heavy atom. The maximum absolute atomic E-state index is 12.6. The summed E-state index contributed by atoms with van der Waals surface area (Å²) in [7, 11) is 0. The molecule has 8 nitrogen and oxygen atoms in total. The third-order valence-corrected chi connectivity index (χ3v) is 6.64. The van der Waals surface area contributed by atoms with E-state index in [1.807, 2.05) is 30.3 Å². The number of carbonyl (C=O) groups excluding carboxylic acids is 3. The molecule has 1 unspecified atom stereocenters. The molecule has 3 amide bonds. The van der Waals surface area contributed by atoms with E-state index in [2.05, 4.69) is 12.2 Å². The van der Waals surface area contributed by atoms with Crippen molar-refractivity contribution in [2.75, 3.05) is 31.1 Å². The fraction of sp³-hybridized carbons (Fsp3) is 0.593. The molecule has 0 radical (unpaired) electrons. The van der Waals surface area contributed by atoms with Crippen molar-refractivity contribution in [3.05, 3.63) is 35.9 Å². The van der Waals surface area contributed by atoms with Crippen molar-refractivity contribution >= 4 is 29.2 Å². The average Bonchev–Trinajstić information content (AvgIpc) is 3.25. The van der Waals surface area contributed by atoms with Gasteiger partial charge >= 0.3 is 6.09 Å². The van der Waals surface area contributed by atoms with Crippen LogP contribution in [0.25, 0.3) is 5.57 Å². The molecule has 192 valence electrons. The Hall–Kier alpha value is -2.87. The topological polar surface area (TPSA) is 99.2 Å². The zero-order valence-electron chi connectivity index (χ0n) is 21.0. The number of benzene rings is 1. The van der Waals surface area contributed by atoms with Crippen LogP contribution in [0.2, 0.25) is 0 Å². The van der Waals surface area contributed by atoms with Gasteiger partial charge in [-0.25, -0.2) is 4.79 Å². The van der Waals surface area contributed by atoms with Gasteiger partial charge in [0.2, 0.25) is 5.91 Å². The van der Waals surface area contributed by atoms with Crippen LogP contribution in [0, 0.1) is 0 Å². The molecule has 1 fully saturated rings. The minimum Gasteiger partial charge on any atom is -0.442 e. The van der Waals surface area contributed by atoms with Crippen molar-refractivity contribution in [3.63, 3.8) is 0 Å². The molecule has 1 aromatic rings. The van der Waals surface area contributed by atoms with E-state index in [-0.39, 0.29) is 17.9 Å². The highest BCUT2D eigenvalue weighted by atomic mass is 16.6. The first-order valence-corrected chi connectivity index (χ1v) is 12.9. The number of amides is 3. The lowest BCUT2D eigenvalue weighted by Crippen LogP contribution is -2.41. The maximum Gasteiger partial charge on any atom is 0.414 e. The van der Waals surface area contributed by atoms with E-state index >= 15 is 0 Å². The van der Waals surface area contributed by atoms with Crippen LogP contribution >= 0.6 is 0 Å². The summed E-state index contributed by atoms with van der Waals surface area (Å²) in [6.45, 7) is 5.39. The molecule has 2 aliphatic rings. The summed E-state index contributed by atoms with van der Waals surface area (Å²) in [6, 6.07) is 7.72. The van der Waals surface area contributed by atoms with Crippen LogP contribution in [-0.2, 0) is 14.3 Å². The van der Waals surface area contributed by atoms with Gasteiger partial charge in [0.25, 0.3) is 5.91 Å². The molecule has 1 aromatic carbocycles. The highest BCUT2D eigenvalue weighted by Gasteiger charge is 2.32. The van der Waals surface area contributed by atoms with Gasteiger partial charge in [-0.2, -0.15) is 0 Å². The largest absolute Gasteiger partial charge is 0.442 e. The smallest absolute Gasteiger partial charge is 0.414 e. The van der Waals surface area contributed by atoms with E-state index < -0.39 is 12.2 Å². The van der Waals surface area contributed by atoms with Gasteiger partial charge in [0.05, 0.1) is 13.1 Å². The van der Waals surface area contributed by atoms with E-state index in [1.165, 1.54) is 32.6 Å². The number of rotatable bonds is 12. The molecule has 8 heteroatoms. The Bertz CT molecular complexity index is 899. The first-order valence-electron chi connectivity index (χ1n) is 12.9. The van der Waals surface area contributed by atoms with Gasteiger partial charge in [-0.15, -0.1) is 0 Å². The number of ether oxygens (including phenoxy) is 1. The number of nitrogens with one attached hydrogen (secondary N) is 1. The molecule has 2 heterocycles. The van der Waals surface area contributed by atoms with Crippen molar-refractivity contribution in [3.8, 4) is 0 Å². The third-order valence-electron chi connectivity index (χ3n) is 6.64. The Morgan fingerprint density at radius 1 is 1.14 bits per heavy atom. The molecular weight excluding hydrogens is 446 g/mol. The number of hydrogen-bond donors (Lipinski definition) is 2. The predicted molar refractivity (Wildman–Crippen MR) is 136 cm³/mol. The fourth-order valence-electron chi connectivity index (χ4n) is 4.54. The molecule has 0 aromatic heterocycles. The summed E-state index contributed by atoms with van der Waals surface area (Å²) in [5, 5.41) is 13.0. The van der Waals surface area contributed by atoms with Crippen LogP contribution in [0.15, 0.2) is 30.3 Å². The third kappa shape index (κ3) is 7.82. The van der Waals surface area contributed by atoms with Gasteiger partial charge in [-0.05, 0) is 36.1 Å². The monoisotopic (exact) mass is 485 g/mol. The number of anilines is 1. The number of nitrogens with zero attached hydrogens (tertiary/aromatic N) is 2. The summed E-state index contributed by atoms with van der Waals surface area (Å²) in [5.74, 6) is -0.331. The summed E-state index contributed by atoms with van der Waals surface area (Å²) < 4.78 is 5.33. The van der Waals surface area contributed by atoms with Crippen molar-refractivity contribution in [1.82, 2.24) is 10.2 Å². The molecule has 0 aliphatic carbocycles. The summed E-state index contributed by atoms with van der Waals surface area (Å²) in [6.07, 6.45) is 8.40. The molecule has 35 heavy (non-hydrogen) atoms. The van der Waals surface area contributed by atoms with Crippen molar-refractivity contribution in [2.45, 2.75) is 77.4 Å². The number of hydrogen-bond acceptors (Lipinski definition) is 5. The molecule has 0 bridgehead atoms. The molecule has 0 spiro atoms. The molecule has 1 saturated heterocycles. The zero-order valence-corrected chi connectivity index (χ0v) is 21.0. The first kappa shape index (κ1) is 26.7. The number of carbonyl (C=O) groups is 3. The van der Waals surface area contributed by atoms with Gasteiger partial charge in [0.15, 0.2) is 0 Å². The van der Waals surface area contributed by atoms with E-state index in [9.17, 15) is 19.5 Å². The molecule has 2 atom stereocenters. The molecule has 3 rings (SSSR count). The van der Waals surface area contributed by atoms with Crippen molar-refractivity contribution < 1.29 is 24.2 Å². The standard InChI is InChI=1S/C27H39N3O5/c1-3-4-5-6-7-8-9-25(32)26(33)29-16-14-22(15-17-29)21-10-12-23(13-11-21)30-19-24(35-27(30)34)18-28-20(2)31/h10-14,24-25,32H,3-9,15-19H2,1-2H3,(H,28,31)/t24-,25?/m0/s1. The minimum atomic E-state index is -0.912. The van der Waals surface area contributed by atoms with Crippen LogP contribution < -0.4 is 10.2 Å². The highest BCUT2D eigenvalue weighted by molar-refractivity contribution is 5.90. The molecular formula is C27H39N3O5. The van der Waals surface area contributed by atoms with Crippen molar-refractivity contribution in [1.29, 1.82) is 0 Å². The van der Waals surface area contributed by atoms with Crippen LogP contribution in [0.1, 0.15) is 70.8 Å². The van der Waals surface area contributed by atoms with Crippen LogP contribution in [-0.4, -0.2) is 66.3 Å². The first-order chi connectivity index (χ1) is 16.9. The second kappa shape index (κ2) is 13.3. The molecule has 0 saturated carbocycles. The van der Waals surface area contributed by atoms with Gasteiger partial charge in [0.1, 0.15) is 12.2 Å². The summed E-state index contributed by atoms with van der Waals surface area (Å²) in [4.78, 5) is 39.2. The highest BCUT2D eigenvalue weighted by Crippen LogP contribution is 2.27. The number of cyclic esters (lactones) is 1. The quantitative estimate of drug-likeness (QED) is 0.438. The second-order valence-electron chi connectivity index (χ2n) is 9.44. The van der Waals surface area contributed by atoms with Crippen molar-refractivity contribution in [2.24, 2.45) is 0 Å². The SMILES string of the molecule is CCCCCCCCC(O)C(=O)N1CC=C(c2ccc(N3C[C@H](CNC(C)=O)OC3=O)cc2)CC1. The number of aliphatic hydroxyl groups excluding tert-OH is 1. The zero-order chi connectivity index (χ0) is 25.2. The van der Waals surface area contributed by atoms with Gasteiger partial charge < -0.3 is 20.1 Å². The Labute approximate surface area is 208 Å². The second-order valence-corrected chi connectivity index (χ2v) is 9.44. The number of unbranched alkanes of at least 4 members (excludes halogenated alkanes) is 5. The van der Waals surface area contributed by atoms with E-state index in [0.717, 1.165) is 36.1 Å². The van der Waals surface area contributed by atoms with Crippen LogP contribution in [0.4, 0.5) is 10.5 Å². The molecule has 2 N–H and O–H groups in total. The molecule has 2 aliphatic heterocycles.